The molecule has 0 saturated carbocycles. The molecule has 40 heavy (non-hydrogen) atoms. The van der Waals surface area contributed by atoms with Crippen LogP contribution in [0.4, 0.5) is 11.4 Å². The van der Waals surface area contributed by atoms with Crippen molar-refractivity contribution in [3.63, 3.8) is 0 Å². The summed E-state index contributed by atoms with van der Waals surface area (Å²) in [7, 11) is 0. The molecule has 204 valence electrons. The van der Waals surface area contributed by atoms with Gasteiger partial charge in [-0.2, -0.15) is 0 Å². The molecule has 3 aromatic carbocycles. The van der Waals surface area contributed by atoms with Crippen LogP contribution in [0.15, 0.2) is 80.7 Å². The molecule has 0 fully saturated rings. The highest BCUT2D eigenvalue weighted by Gasteiger charge is 2.17. The van der Waals surface area contributed by atoms with Gasteiger partial charge in [0.1, 0.15) is 0 Å². The van der Waals surface area contributed by atoms with E-state index in [-0.39, 0.29) is 0 Å². The molecule has 4 nitrogen and oxygen atoms in total. The van der Waals surface area contributed by atoms with Crippen molar-refractivity contribution in [2.24, 2.45) is 20.0 Å². The Balaban J connectivity index is 1.68. The average Bonchev–Trinajstić information content (AvgIpc) is 2.92. The Kier molecular flexibility index (Phi) is 7.80. The van der Waals surface area contributed by atoms with Crippen molar-refractivity contribution in [1.82, 2.24) is 0 Å². The van der Waals surface area contributed by atoms with Gasteiger partial charge in [0.25, 0.3) is 0 Å². The van der Waals surface area contributed by atoms with E-state index in [1.165, 1.54) is 22.3 Å². The van der Waals surface area contributed by atoms with E-state index < -0.39 is 0 Å². The molecule has 2 heterocycles. The first-order valence-electron chi connectivity index (χ1n) is 14.5. The van der Waals surface area contributed by atoms with Crippen molar-refractivity contribution in [2.45, 2.75) is 79.1 Å². The van der Waals surface area contributed by atoms with Crippen LogP contribution in [0.25, 0.3) is 12.2 Å². The van der Waals surface area contributed by atoms with Gasteiger partial charge in [-0.3, -0.25) is 0 Å². The summed E-state index contributed by atoms with van der Waals surface area (Å²) in [6.45, 7) is 17.8. The fourth-order valence-electron chi connectivity index (χ4n) is 5.38. The van der Waals surface area contributed by atoms with E-state index in [0.29, 0.717) is 35.3 Å². The van der Waals surface area contributed by atoms with Crippen LogP contribution < -0.4 is 10.7 Å². The highest BCUT2D eigenvalue weighted by atomic mass is 15.0. The lowest BCUT2D eigenvalue weighted by Crippen LogP contribution is -2.35. The van der Waals surface area contributed by atoms with E-state index in [9.17, 15) is 0 Å². The zero-order valence-electron chi connectivity index (χ0n) is 25.0. The molecule has 0 unspecified atom stereocenters. The molecule has 0 N–H and O–H groups in total. The van der Waals surface area contributed by atoms with Crippen LogP contribution in [0.1, 0.15) is 112 Å². The minimum absolute atomic E-state index is 0.369. The van der Waals surface area contributed by atoms with Gasteiger partial charge in [-0.05, 0) is 70.2 Å². The van der Waals surface area contributed by atoms with Crippen LogP contribution in [-0.2, 0) is 0 Å². The zero-order chi connectivity index (χ0) is 28.6. The molecular formula is C36H40N4. The first kappa shape index (κ1) is 27.6. The minimum atomic E-state index is 0.369. The summed E-state index contributed by atoms with van der Waals surface area (Å²) in [6.07, 6.45) is 8.23. The summed E-state index contributed by atoms with van der Waals surface area (Å²) < 4.78 is 0. The summed E-state index contributed by atoms with van der Waals surface area (Å²) in [5.41, 5.74) is 9.14. The van der Waals surface area contributed by atoms with E-state index in [1.807, 2.05) is 12.2 Å². The Bertz CT molecular complexity index is 1520. The van der Waals surface area contributed by atoms with Gasteiger partial charge in [0.05, 0.1) is 22.1 Å². The molecule has 0 aliphatic carbocycles. The Morgan fingerprint density at radius 2 is 0.775 bits per heavy atom. The monoisotopic (exact) mass is 528 g/mol. The molecule has 5 rings (SSSR count). The lowest BCUT2D eigenvalue weighted by molar-refractivity contribution is 0.834. The largest absolute Gasteiger partial charge is 0.229 e. The zero-order valence-corrected chi connectivity index (χ0v) is 25.0. The van der Waals surface area contributed by atoms with Gasteiger partial charge >= 0.3 is 0 Å². The molecule has 2 aliphatic rings. The molecule has 0 amide bonds. The van der Waals surface area contributed by atoms with Crippen molar-refractivity contribution in [2.75, 3.05) is 0 Å². The topological polar surface area (TPSA) is 49.4 Å². The predicted octanol–water partition coefficient (Wildman–Crippen LogP) is 8.93. The van der Waals surface area contributed by atoms with Crippen LogP contribution in [0.5, 0.6) is 0 Å². The van der Waals surface area contributed by atoms with Gasteiger partial charge in [0.2, 0.25) is 0 Å². The number of fused-ring (bicyclic) bond motifs is 3. The third-order valence-electron chi connectivity index (χ3n) is 7.63. The van der Waals surface area contributed by atoms with Crippen molar-refractivity contribution >= 4 is 35.2 Å². The maximum absolute atomic E-state index is 5.13. The molecule has 0 atom stereocenters. The summed E-state index contributed by atoms with van der Waals surface area (Å²) >= 11 is 0. The molecule has 3 aromatic rings. The Hall–Kier alpha value is -3.92. The normalized spacial score (nSPS) is 16.2. The number of para-hydroxylation sites is 2. The number of benzene rings is 3. The number of rotatable bonds is 6. The standard InChI is InChI=1S/C36H40N4/c1-21(2)27-11-9-12-28(22(3)4)35(27)39-31-19-17-25-15-16-26-18-20-32(38-34(26)33(25)37-31)40-36-29(23(5)6)13-10-14-30(36)24(7)8/h9-24H,1-8H3. The first-order chi connectivity index (χ1) is 19.1. The molecule has 0 bridgehead atoms. The highest BCUT2D eigenvalue weighted by Crippen LogP contribution is 2.36. The molecule has 0 aromatic heterocycles. The molecule has 4 heteroatoms. The molecule has 2 aliphatic heterocycles. The third kappa shape index (κ3) is 5.40. The van der Waals surface area contributed by atoms with Crippen molar-refractivity contribution in [3.8, 4) is 0 Å². The lowest BCUT2D eigenvalue weighted by atomic mass is 9.93. The van der Waals surface area contributed by atoms with E-state index in [4.69, 9.17) is 20.0 Å². The van der Waals surface area contributed by atoms with Gasteiger partial charge in [-0.1, -0.05) is 104 Å². The summed E-state index contributed by atoms with van der Waals surface area (Å²) in [4.78, 5) is 20.4. The number of nitrogens with zero attached hydrogens (tertiary/aromatic N) is 4. The summed E-state index contributed by atoms with van der Waals surface area (Å²) in [5.74, 6) is 2.88. The maximum Gasteiger partial charge on any atom is 0.153 e. The predicted molar refractivity (Wildman–Crippen MR) is 170 cm³/mol. The fraction of sp³-hybridized carbons (Fsp3) is 0.333. The average molecular weight is 529 g/mol. The SMILES string of the molecule is CC(C)c1cccc(C(C)C)c1N=C1C=Cc2ccc3c(c2=N1)=NC(=Nc1c(C(C)C)cccc1C(C)C)C=C3. The van der Waals surface area contributed by atoms with E-state index in [0.717, 1.165) is 33.2 Å². The fourth-order valence-corrected chi connectivity index (χ4v) is 5.38. The quantitative estimate of drug-likeness (QED) is 0.307. The smallest absolute Gasteiger partial charge is 0.153 e. The van der Waals surface area contributed by atoms with Crippen LogP contribution in [0.2, 0.25) is 0 Å². The van der Waals surface area contributed by atoms with Crippen LogP contribution >= 0.6 is 0 Å². The maximum atomic E-state index is 5.13. The van der Waals surface area contributed by atoms with Gasteiger partial charge in [0, 0.05) is 11.1 Å². The highest BCUT2D eigenvalue weighted by molar-refractivity contribution is 6.02. The van der Waals surface area contributed by atoms with Crippen LogP contribution in [-0.4, -0.2) is 11.7 Å². The summed E-state index contributed by atoms with van der Waals surface area (Å²) in [5, 5.41) is 1.70. The van der Waals surface area contributed by atoms with E-state index >= 15 is 0 Å². The molecule has 0 spiro atoms. The van der Waals surface area contributed by atoms with Crippen molar-refractivity contribution in [3.05, 3.63) is 105 Å². The van der Waals surface area contributed by atoms with Crippen molar-refractivity contribution < 1.29 is 0 Å². The number of amidine groups is 2. The van der Waals surface area contributed by atoms with Crippen LogP contribution in [0, 0.1) is 0 Å². The van der Waals surface area contributed by atoms with Gasteiger partial charge in [0.15, 0.2) is 11.7 Å². The van der Waals surface area contributed by atoms with Gasteiger partial charge in [-0.25, -0.2) is 20.0 Å². The Morgan fingerprint density at radius 3 is 1.07 bits per heavy atom. The van der Waals surface area contributed by atoms with Crippen molar-refractivity contribution in [1.29, 1.82) is 0 Å². The second-order valence-corrected chi connectivity index (χ2v) is 12.0. The number of aliphatic imine (C=N–C) groups is 2. The third-order valence-corrected chi connectivity index (χ3v) is 7.63. The molecule has 0 radical (unpaired) electrons. The number of hydrogen-bond donors (Lipinski definition) is 0. The van der Waals surface area contributed by atoms with E-state index in [1.54, 1.807) is 0 Å². The van der Waals surface area contributed by atoms with Gasteiger partial charge < -0.3 is 0 Å². The number of hydrogen-bond acceptors (Lipinski definition) is 2. The first-order valence-corrected chi connectivity index (χ1v) is 14.5. The minimum Gasteiger partial charge on any atom is -0.229 e. The second-order valence-electron chi connectivity index (χ2n) is 12.0. The van der Waals surface area contributed by atoms with E-state index in [2.05, 4.69) is 116 Å². The summed E-state index contributed by atoms with van der Waals surface area (Å²) in [6, 6.07) is 17.2. The Morgan fingerprint density at radius 1 is 0.450 bits per heavy atom. The van der Waals surface area contributed by atoms with Gasteiger partial charge in [-0.15, -0.1) is 0 Å². The molecular weight excluding hydrogens is 488 g/mol. The Labute approximate surface area is 238 Å². The molecule has 0 saturated heterocycles. The second kappa shape index (κ2) is 11.3. The van der Waals surface area contributed by atoms with Crippen LogP contribution in [0.3, 0.4) is 0 Å². The lowest BCUT2D eigenvalue weighted by Gasteiger charge is -2.17.